The molecule has 6 nitrogen and oxygen atoms in total. The lowest BCUT2D eigenvalue weighted by Gasteiger charge is -2.30. The van der Waals surface area contributed by atoms with Crippen molar-refractivity contribution >= 4 is 17.5 Å². The van der Waals surface area contributed by atoms with E-state index in [9.17, 15) is 4.79 Å². The number of hydrogen-bond acceptors (Lipinski definition) is 5. The summed E-state index contributed by atoms with van der Waals surface area (Å²) in [5.41, 5.74) is 1.75. The number of aromatic nitrogens is 2. The molecule has 1 atom stereocenters. The SMILES string of the molecule is CC1CCCN(C(=O)c2ccnc(Nc3ccc(C#N)cc3)n2)C1. The highest BCUT2D eigenvalue weighted by molar-refractivity contribution is 5.92. The third-order valence-electron chi connectivity index (χ3n) is 4.09. The van der Waals surface area contributed by atoms with E-state index in [1.54, 1.807) is 36.5 Å². The number of carbonyl (C=O) groups excluding carboxylic acids is 1. The van der Waals surface area contributed by atoms with Gasteiger partial charge in [0.05, 0.1) is 11.6 Å². The molecule has 6 heteroatoms. The molecule has 0 radical (unpaired) electrons. The molecule has 0 aliphatic carbocycles. The smallest absolute Gasteiger partial charge is 0.272 e. The number of nitrogens with zero attached hydrogens (tertiary/aromatic N) is 4. The number of likely N-dealkylation sites (tertiary alicyclic amines) is 1. The molecule has 1 fully saturated rings. The Morgan fingerprint density at radius 3 is 2.83 bits per heavy atom. The van der Waals surface area contributed by atoms with E-state index < -0.39 is 0 Å². The summed E-state index contributed by atoms with van der Waals surface area (Å²) in [5, 5.41) is 11.9. The van der Waals surface area contributed by atoms with Crippen LogP contribution < -0.4 is 5.32 Å². The molecule has 1 aliphatic heterocycles. The van der Waals surface area contributed by atoms with Crippen LogP contribution in [0.3, 0.4) is 0 Å². The minimum atomic E-state index is -0.0492. The van der Waals surface area contributed by atoms with Crippen LogP contribution in [0.15, 0.2) is 36.5 Å². The second-order valence-corrected chi connectivity index (χ2v) is 6.08. The lowest BCUT2D eigenvalue weighted by Crippen LogP contribution is -2.39. The van der Waals surface area contributed by atoms with Crippen molar-refractivity contribution in [3.05, 3.63) is 47.8 Å². The van der Waals surface area contributed by atoms with Crippen LogP contribution in [0.5, 0.6) is 0 Å². The van der Waals surface area contributed by atoms with Gasteiger partial charge >= 0.3 is 0 Å². The van der Waals surface area contributed by atoms with Crippen molar-refractivity contribution in [3.63, 3.8) is 0 Å². The number of anilines is 2. The number of hydrogen-bond donors (Lipinski definition) is 1. The molecule has 24 heavy (non-hydrogen) atoms. The Hall–Kier alpha value is -2.94. The zero-order valence-corrected chi connectivity index (χ0v) is 13.6. The van der Waals surface area contributed by atoms with Crippen LogP contribution in [0.25, 0.3) is 0 Å². The van der Waals surface area contributed by atoms with Crippen LogP contribution in [0.1, 0.15) is 35.8 Å². The van der Waals surface area contributed by atoms with Gasteiger partial charge in [-0.05, 0) is 49.1 Å². The number of piperidine rings is 1. The third kappa shape index (κ3) is 3.69. The van der Waals surface area contributed by atoms with Gasteiger partial charge in [0.15, 0.2) is 0 Å². The number of benzene rings is 1. The number of nitrogens with one attached hydrogen (secondary N) is 1. The fraction of sp³-hybridized carbons (Fsp3) is 0.333. The van der Waals surface area contributed by atoms with E-state index in [-0.39, 0.29) is 5.91 Å². The minimum absolute atomic E-state index is 0.0492. The Labute approximate surface area is 141 Å². The first-order valence-corrected chi connectivity index (χ1v) is 8.05. The molecule has 1 aliphatic rings. The molecule has 0 bridgehead atoms. The summed E-state index contributed by atoms with van der Waals surface area (Å²) >= 11 is 0. The van der Waals surface area contributed by atoms with Crippen LogP contribution in [0.4, 0.5) is 11.6 Å². The minimum Gasteiger partial charge on any atom is -0.337 e. The molecule has 1 saturated heterocycles. The molecule has 3 rings (SSSR count). The van der Waals surface area contributed by atoms with Gasteiger partial charge in [-0.2, -0.15) is 5.26 Å². The van der Waals surface area contributed by atoms with Crippen molar-refractivity contribution in [2.24, 2.45) is 5.92 Å². The predicted octanol–water partition coefficient (Wildman–Crippen LogP) is 2.96. The molecule has 1 N–H and O–H groups in total. The maximum Gasteiger partial charge on any atom is 0.272 e. The van der Waals surface area contributed by atoms with E-state index in [2.05, 4.69) is 28.3 Å². The van der Waals surface area contributed by atoms with Gasteiger partial charge in [-0.15, -0.1) is 0 Å². The van der Waals surface area contributed by atoms with E-state index >= 15 is 0 Å². The monoisotopic (exact) mass is 321 g/mol. The molecule has 2 heterocycles. The summed E-state index contributed by atoms with van der Waals surface area (Å²) < 4.78 is 0. The van der Waals surface area contributed by atoms with E-state index in [4.69, 9.17) is 5.26 Å². The third-order valence-corrected chi connectivity index (χ3v) is 4.09. The van der Waals surface area contributed by atoms with Gasteiger partial charge in [-0.3, -0.25) is 4.79 Å². The molecule has 0 spiro atoms. The number of carbonyl (C=O) groups is 1. The van der Waals surface area contributed by atoms with E-state index in [1.165, 1.54) is 6.42 Å². The molecular formula is C18H19N5O. The van der Waals surface area contributed by atoms with Crippen LogP contribution in [0, 0.1) is 17.2 Å². The van der Waals surface area contributed by atoms with E-state index in [1.807, 2.05) is 4.90 Å². The zero-order chi connectivity index (χ0) is 16.9. The predicted molar refractivity (Wildman–Crippen MR) is 90.8 cm³/mol. The average Bonchev–Trinajstić information content (AvgIpc) is 2.62. The number of nitriles is 1. The average molecular weight is 321 g/mol. The maximum atomic E-state index is 12.6. The fourth-order valence-corrected chi connectivity index (χ4v) is 2.83. The highest BCUT2D eigenvalue weighted by Crippen LogP contribution is 2.18. The number of amides is 1. The Kier molecular flexibility index (Phi) is 4.71. The van der Waals surface area contributed by atoms with Crippen LogP contribution >= 0.6 is 0 Å². The molecule has 0 saturated carbocycles. The van der Waals surface area contributed by atoms with Crippen LogP contribution in [0.2, 0.25) is 0 Å². The van der Waals surface area contributed by atoms with Gasteiger partial charge in [0, 0.05) is 25.0 Å². The second kappa shape index (κ2) is 7.09. The standard InChI is InChI=1S/C18H19N5O/c1-13-3-2-10-23(12-13)17(24)16-8-9-20-18(22-16)21-15-6-4-14(11-19)5-7-15/h4-9,13H,2-3,10,12H2,1H3,(H,20,21,22). The fourth-order valence-electron chi connectivity index (χ4n) is 2.83. The Morgan fingerprint density at radius 1 is 1.33 bits per heavy atom. The summed E-state index contributed by atoms with van der Waals surface area (Å²) in [6.45, 7) is 3.73. The van der Waals surface area contributed by atoms with Gasteiger partial charge in [0.1, 0.15) is 5.69 Å². The molecule has 1 amide bonds. The molecule has 1 unspecified atom stereocenters. The lowest BCUT2D eigenvalue weighted by molar-refractivity contribution is 0.0677. The van der Waals surface area contributed by atoms with Gasteiger partial charge in [0.25, 0.3) is 5.91 Å². The molecule has 1 aromatic carbocycles. The quantitative estimate of drug-likeness (QED) is 0.940. The van der Waals surface area contributed by atoms with Gasteiger partial charge in [-0.1, -0.05) is 6.92 Å². The van der Waals surface area contributed by atoms with Crippen LogP contribution in [-0.2, 0) is 0 Å². The van der Waals surface area contributed by atoms with Crippen molar-refractivity contribution in [2.75, 3.05) is 18.4 Å². The van der Waals surface area contributed by atoms with E-state index in [0.717, 1.165) is 25.2 Å². The molecule has 1 aromatic heterocycles. The van der Waals surface area contributed by atoms with Crippen molar-refractivity contribution < 1.29 is 4.79 Å². The zero-order valence-electron chi connectivity index (χ0n) is 13.6. The molecular weight excluding hydrogens is 302 g/mol. The lowest BCUT2D eigenvalue weighted by atomic mass is 10.00. The highest BCUT2D eigenvalue weighted by Gasteiger charge is 2.23. The second-order valence-electron chi connectivity index (χ2n) is 6.08. The normalized spacial score (nSPS) is 17.2. The first-order chi connectivity index (χ1) is 11.7. The number of rotatable bonds is 3. The van der Waals surface area contributed by atoms with Crippen molar-refractivity contribution in [2.45, 2.75) is 19.8 Å². The van der Waals surface area contributed by atoms with E-state index in [0.29, 0.717) is 23.1 Å². The van der Waals surface area contributed by atoms with Gasteiger partial charge < -0.3 is 10.2 Å². The first-order valence-electron chi connectivity index (χ1n) is 8.05. The maximum absolute atomic E-state index is 12.6. The van der Waals surface area contributed by atoms with Gasteiger partial charge in [-0.25, -0.2) is 9.97 Å². The molecule has 2 aromatic rings. The summed E-state index contributed by atoms with van der Waals surface area (Å²) in [7, 11) is 0. The summed E-state index contributed by atoms with van der Waals surface area (Å²) in [5.74, 6) is 0.850. The Morgan fingerprint density at radius 2 is 2.12 bits per heavy atom. The summed E-state index contributed by atoms with van der Waals surface area (Å²) in [6.07, 6.45) is 3.78. The molecule has 122 valence electrons. The Bertz CT molecular complexity index is 766. The van der Waals surface area contributed by atoms with Gasteiger partial charge in [0.2, 0.25) is 5.95 Å². The Balaban J connectivity index is 1.73. The topological polar surface area (TPSA) is 81.9 Å². The highest BCUT2D eigenvalue weighted by atomic mass is 16.2. The van der Waals surface area contributed by atoms with Crippen molar-refractivity contribution in [1.29, 1.82) is 5.26 Å². The summed E-state index contributed by atoms with van der Waals surface area (Å²) in [4.78, 5) is 23.0. The first kappa shape index (κ1) is 15.9. The van der Waals surface area contributed by atoms with Crippen molar-refractivity contribution in [1.82, 2.24) is 14.9 Å². The summed E-state index contributed by atoms with van der Waals surface area (Å²) in [6, 6.07) is 10.7. The van der Waals surface area contributed by atoms with Crippen molar-refractivity contribution in [3.8, 4) is 6.07 Å². The largest absolute Gasteiger partial charge is 0.337 e. The van der Waals surface area contributed by atoms with Crippen LogP contribution in [-0.4, -0.2) is 33.9 Å².